The van der Waals surface area contributed by atoms with E-state index >= 15 is 0 Å². The number of carboxylic acid groups (broad SMARTS) is 1. The zero-order valence-corrected chi connectivity index (χ0v) is 11.5. The number of rotatable bonds is 4. The molecular formula is C15H18N2O4. The average Bonchev–Trinajstić information content (AvgIpc) is 2.94. The zero-order valence-electron chi connectivity index (χ0n) is 11.5. The normalized spacial score (nSPS) is 18.1. The van der Waals surface area contributed by atoms with E-state index in [1.807, 2.05) is 0 Å². The number of nitrogens with one attached hydrogen (secondary N) is 1. The molecule has 0 saturated carbocycles. The molecule has 1 heterocycles. The summed E-state index contributed by atoms with van der Waals surface area (Å²) in [7, 11) is 0. The van der Waals surface area contributed by atoms with E-state index in [1.54, 1.807) is 29.2 Å². The van der Waals surface area contributed by atoms with Gasteiger partial charge in [-0.05, 0) is 30.2 Å². The SMILES string of the molecule is O=C(O)/C=C/c1cccc(NC(=O)N2CCC(CO)C2)c1. The van der Waals surface area contributed by atoms with Crippen molar-refractivity contribution in [2.45, 2.75) is 6.42 Å². The smallest absolute Gasteiger partial charge is 0.328 e. The fraction of sp³-hybridized carbons (Fsp3) is 0.333. The monoisotopic (exact) mass is 290 g/mol. The number of hydrogen-bond acceptors (Lipinski definition) is 3. The molecule has 1 fully saturated rings. The molecule has 1 atom stereocenters. The van der Waals surface area contributed by atoms with E-state index in [1.165, 1.54) is 6.08 Å². The second-order valence-corrected chi connectivity index (χ2v) is 5.01. The molecule has 0 aliphatic carbocycles. The third kappa shape index (κ3) is 4.32. The Bertz CT molecular complexity index is 556. The lowest BCUT2D eigenvalue weighted by Crippen LogP contribution is -2.33. The molecule has 6 heteroatoms. The number of amides is 2. The highest BCUT2D eigenvalue weighted by molar-refractivity contribution is 5.90. The van der Waals surface area contributed by atoms with Crippen LogP contribution in [0.4, 0.5) is 10.5 Å². The summed E-state index contributed by atoms with van der Waals surface area (Å²) in [6.45, 7) is 1.29. The van der Waals surface area contributed by atoms with Gasteiger partial charge in [0.25, 0.3) is 0 Å². The van der Waals surface area contributed by atoms with Crippen LogP contribution in [0.3, 0.4) is 0 Å². The van der Waals surface area contributed by atoms with Crippen LogP contribution in [0.5, 0.6) is 0 Å². The summed E-state index contributed by atoms with van der Waals surface area (Å²) < 4.78 is 0. The van der Waals surface area contributed by atoms with Gasteiger partial charge in [-0.3, -0.25) is 0 Å². The summed E-state index contributed by atoms with van der Waals surface area (Å²) in [5.41, 5.74) is 1.31. The highest BCUT2D eigenvalue weighted by Crippen LogP contribution is 2.18. The van der Waals surface area contributed by atoms with Gasteiger partial charge in [-0.1, -0.05) is 12.1 Å². The van der Waals surface area contributed by atoms with Crippen LogP contribution in [0.1, 0.15) is 12.0 Å². The lowest BCUT2D eigenvalue weighted by molar-refractivity contribution is -0.131. The molecule has 1 saturated heterocycles. The van der Waals surface area contributed by atoms with Crippen LogP contribution in [-0.2, 0) is 4.79 Å². The Morgan fingerprint density at radius 2 is 2.24 bits per heavy atom. The first-order valence-corrected chi connectivity index (χ1v) is 6.76. The van der Waals surface area contributed by atoms with Crippen molar-refractivity contribution in [2.75, 3.05) is 25.0 Å². The molecule has 2 amide bonds. The van der Waals surface area contributed by atoms with Gasteiger partial charge in [0.2, 0.25) is 0 Å². The summed E-state index contributed by atoms with van der Waals surface area (Å²) in [6, 6.07) is 6.75. The molecule has 1 aliphatic heterocycles. The van der Waals surface area contributed by atoms with Crippen molar-refractivity contribution in [3.63, 3.8) is 0 Å². The highest BCUT2D eigenvalue weighted by Gasteiger charge is 2.25. The van der Waals surface area contributed by atoms with Crippen LogP contribution < -0.4 is 5.32 Å². The minimum atomic E-state index is -1.02. The molecule has 2 rings (SSSR count). The largest absolute Gasteiger partial charge is 0.478 e. The van der Waals surface area contributed by atoms with Gasteiger partial charge >= 0.3 is 12.0 Å². The predicted molar refractivity (Wildman–Crippen MR) is 78.9 cm³/mol. The summed E-state index contributed by atoms with van der Waals surface area (Å²) in [5, 5.41) is 20.5. The number of carboxylic acids is 1. The number of urea groups is 1. The molecule has 3 N–H and O–H groups in total. The molecule has 1 unspecified atom stereocenters. The van der Waals surface area contributed by atoms with E-state index < -0.39 is 5.97 Å². The van der Waals surface area contributed by atoms with Crippen molar-refractivity contribution in [1.82, 2.24) is 4.90 Å². The minimum Gasteiger partial charge on any atom is -0.478 e. The van der Waals surface area contributed by atoms with Gasteiger partial charge in [-0.15, -0.1) is 0 Å². The first-order valence-electron chi connectivity index (χ1n) is 6.76. The number of carbonyl (C=O) groups is 2. The van der Waals surface area contributed by atoms with Gasteiger partial charge in [0, 0.05) is 37.4 Å². The van der Waals surface area contributed by atoms with E-state index in [2.05, 4.69) is 5.32 Å². The first-order chi connectivity index (χ1) is 10.1. The topological polar surface area (TPSA) is 89.9 Å². The summed E-state index contributed by atoms with van der Waals surface area (Å²) in [6.07, 6.45) is 3.33. The van der Waals surface area contributed by atoms with Gasteiger partial charge in [-0.25, -0.2) is 9.59 Å². The van der Waals surface area contributed by atoms with Crippen LogP contribution in [0.2, 0.25) is 0 Å². The maximum atomic E-state index is 12.1. The number of anilines is 1. The van der Waals surface area contributed by atoms with Crippen molar-refractivity contribution in [1.29, 1.82) is 0 Å². The molecular weight excluding hydrogens is 272 g/mol. The zero-order chi connectivity index (χ0) is 15.2. The molecule has 0 aromatic heterocycles. The predicted octanol–water partition coefficient (Wildman–Crippen LogP) is 1.63. The second-order valence-electron chi connectivity index (χ2n) is 5.01. The van der Waals surface area contributed by atoms with E-state index in [4.69, 9.17) is 10.2 Å². The van der Waals surface area contributed by atoms with E-state index in [-0.39, 0.29) is 18.6 Å². The number of carbonyl (C=O) groups excluding carboxylic acids is 1. The van der Waals surface area contributed by atoms with Crippen LogP contribution in [0.15, 0.2) is 30.3 Å². The van der Waals surface area contributed by atoms with Crippen molar-refractivity contribution in [3.05, 3.63) is 35.9 Å². The molecule has 0 bridgehead atoms. The molecule has 1 aromatic carbocycles. The van der Waals surface area contributed by atoms with E-state index in [9.17, 15) is 9.59 Å². The quantitative estimate of drug-likeness (QED) is 0.735. The Kier molecular flexibility index (Phi) is 4.94. The minimum absolute atomic E-state index is 0.0965. The lowest BCUT2D eigenvalue weighted by Gasteiger charge is -2.17. The van der Waals surface area contributed by atoms with Gasteiger partial charge in [0.15, 0.2) is 0 Å². The van der Waals surface area contributed by atoms with Gasteiger partial charge < -0.3 is 20.4 Å². The fourth-order valence-corrected chi connectivity index (χ4v) is 2.26. The lowest BCUT2D eigenvalue weighted by atomic mass is 10.1. The van der Waals surface area contributed by atoms with Crippen LogP contribution in [0, 0.1) is 5.92 Å². The van der Waals surface area contributed by atoms with E-state index in [0.29, 0.717) is 24.3 Å². The molecule has 0 spiro atoms. The molecule has 6 nitrogen and oxygen atoms in total. The number of aliphatic carboxylic acids is 1. The van der Waals surface area contributed by atoms with Crippen LogP contribution in [0.25, 0.3) is 6.08 Å². The van der Waals surface area contributed by atoms with Crippen LogP contribution in [-0.4, -0.2) is 46.8 Å². The summed E-state index contributed by atoms with van der Waals surface area (Å²) in [5.74, 6) is -0.864. The third-order valence-electron chi connectivity index (χ3n) is 3.39. The Morgan fingerprint density at radius 1 is 1.43 bits per heavy atom. The third-order valence-corrected chi connectivity index (χ3v) is 3.39. The number of aliphatic hydroxyl groups excluding tert-OH is 1. The average molecular weight is 290 g/mol. The number of nitrogens with zero attached hydrogens (tertiary/aromatic N) is 1. The first kappa shape index (κ1) is 15.1. The maximum Gasteiger partial charge on any atom is 0.328 e. The highest BCUT2D eigenvalue weighted by atomic mass is 16.4. The van der Waals surface area contributed by atoms with Crippen molar-refractivity contribution < 1.29 is 19.8 Å². The second kappa shape index (κ2) is 6.90. The number of hydrogen-bond donors (Lipinski definition) is 3. The van der Waals surface area contributed by atoms with Crippen molar-refractivity contribution in [2.24, 2.45) is 5.92 Å². The van der Waals surface area contributed by atoms with Gasteiger partial charge in [-0.2, -0.15) is 0 Å². The standard InChI is InChI=1S/C15H18N2O4/c18-10-12-6-7-17(9-12)15(21)16-13-3-1-2-11(8-13)4-5-14(19)20/h1-5,8,12,18H,6-7,9-10H2,(H,16,21)(H,19,20)/b5-4+. The van der Waals surface area contributed by atoms with Gasteiger partial charge in [0.1, 0.15) is 0 Å². The molecule has 0 radical (unpaired) electrons. The number of likely N-dealkylation sites (tertiary alicyclic amines) is 1. The molecule has 21 heavy (non-hydrogen) atoms. The Hall–Kier alpha value is -2.34. The molecule has 1 aromatic rings. The molecule has 1 aliphatic rings. The Labute approximate surface area is 122 Å². The Balaban J connectivity index is 1.98. The van der Waals surface area contributed by atoms with Crippen molar-refractivity contribution in [3.8, 4) is 0 Å². The maximum absolute atomic E-state index is 12.1. The van der Waals surface area contributed by atoms with E-state index in [0.717, 1.165) is 12.5 Å². The molecule has 112 valence electrons. The van der Waals surface area contributed by atoms with Gasteiger partial charge in [0.05, 0.1) is 0 Å². The Morgan fingerprint density at radius 3 is 2.90 bits per heavy atom. The van der Waals surface area contributed by atoms with Crippen molar-refractivity contribution >= 4 is 23.8 Å². The van der Waals surface area contributed by atoms with Crippen LogP contribution >= 0.6 is 0 Å². The number of aliphatic hydroxyl groups is 1. The fourth-order valence-electron chi connectivity index (χ4n) is 2.26. The summed E-state index contributed by atoms with van der Waals surface area (Å²) >= 11 is 0. The summed E-state index contributed by atoms with van der Waals surface area (Å²) in [4.78, 5) is 24.2. The number of benzene rings is 1.